The van der Waals surface area contributed by atoms with E-state index in [1.807, 2.05) is 34.9 Å². The molecular weight excluding hydrogens is 286 g/mol. The molecule has 21 heavy (non-hydrogen) atoms. The van der Waals surface area contributed by atoms with Crippen molar-refractivity contribution in [3.63, 3.8) is 0 Å². The monoisotopic (exact) mass is 299 g/mol. The first-order chi connectivity index (χ1) is 10.3. The summed E-state index contributed by atoms with van der Waals surface area (Å²) in [6.07, 6.45) is 3.49. The Bertz CT molecular complexity index is 779. The van der Waals surface area contributed by atoms with E-state index in [4.69, 9.17) is 17.0 Å². The van der Waals surface area contributed by atoms with Crippen molar-refractivity contribution in [2.75, 3.05) is 7.11 Å². The molecule has 0 radical (unpaired) electrons. The Balaban J connectivity index is 1.95. The van der Waals surface area contributed by atoms with Crippen LogP contribution >= 0.6 is 12.2 Å². The fraction of sp³-hybridized carbons (Fsp3) is 0.143. The Hall–Kier alpha value is -2.54. The van der Waals surface area contributed by atoms with Gasteiger partial charge in [0, 0.05) is 18.5 Å². The highest BCUT2D eigenvalue weighted by Crippen LogP contribution is 2.16. The fourth-order valence-electron chi connectivity index (χ4n) is 1.96. The van der Waals surface area contributed by atoms with Crippen LogP contribution in [-0.4, -0.2) is 31.8 Å². The molecule has 0 aliphatic heterocycles. The number of H-pyrrole nitrogens is 1. The molecule has 0 amide bonds. The van der Waals surface area contributed by atoms with Gasteiger partial charge >= 0.3 is 0 Å². The molecule has 0 aliphatic carbocycles. The second-order valence-corrected chi connectivity index (χ2v) is 4.75. The van der Waals surface area contributed by atoms with Crippen molar-refractivity contribution in [3.05, 3.63) is 53.1 Å². The van der Waals surface area contributed by atoms with Crippen molar-refractivity contribution in [1.82, 2.24) is 24.7 Å². The number of aromatic amines is 1. The minimum atomic E-state index is 0.548. The van der Waals surface area contributed by atoms with Crippen LogP contribution in [0.2, 0.25) is 0 Å². The van der Waals surface area contributed by atoms with E-state index >= 15 is 0 Å². The van der Waals surface area contributed by atoms with Crippen molar-refractivity contribution in [2.24, 2.45) is 0 Å². The molecule has 3 aromatic heterocycles. The van der Waals surface area contributed by atoms with Crippen molar-refractivity contribution >= 4 is 12.2 Å². The largest absolute Gasteiger partial charge is 0.481 e. The van der Waals surface area contributed by atoms with E-state index < -0.39 is 0 Å². The van der Waals surface area contributed by atoms with Crippen molar-refractivity contribution in [1.29, 1.82) is 0 Å². The van der Waals surface area contributed by atoms with Crippen molar-refractivity contribution in [2.45, 2.75) is 6.54 Å². The molecule has 0 atom stereocenters. The molecule has 0 spiro atoms. The number of nitrogens with one attached hydrogen (secondary N) is 1. The van der Waals surface area contributed by atoms with Crippen molar-refractivity contribution in [3.8, 4) is 17.4 Å². The lowest BCUT2D eigenvalue weighted by Gasteiger charge is -2.07. The summed E-state index contributed by atoms with van der Waals surface area (Å²) in [6, 6.07) is 9.44. The number of rotatable bonds is 4. The second kappa shape index (κ2) is 5.84. The minimum absolute atomic E-state index is 0.548. The van der Waals surface area contributed by atoms with Crippen LogP contribution in [0.3, 0.4) is 0 Å². The van der Waals surface area contributed by atoms with Crippen LogP contribution < -0.4 is 4.74 Å². The zero-order chi connectivity index (χ0) is 14.7. The first-order valence-corrected chi connectivity index (χ1v) is 6.74. The van der Waals surface area contributed by atoms with Crippen LogP contribution in [0.5, 0.6) is 5.88 Å². The average molecular weight is 299 g/mol. The quantitative estimate of drug-likeness (QED) is 0.749. The smallest absolute Gasteiger partial charge is 0.212 e. The summed E-state index contributed by atoms with van der Waals surface area (Å²) in [6.45, 7) is 0.568. The highest BCUT2D eigenvalue weighted by molar-refractivity contribution is 7.71. The van der Waals surface area contributed by atoms with E-state index in [2.05, 4.69) is 20.2 Å². The van der Waals surface area contributed by atoms with E-state index in [9.17, 15) is 0 Å². The number of hydrogen-bond acceptors (Lipinski definition) is 5. The van der Waals surface area contributed by atoms with Gasteiger partial charge in [-0.05, 0) is 29.9 Å². The number of aromatic nitrogens is 5. The molecule has 0 aromatic carbocycles. The number of hydrogen-bond donors (Lipinski definition) is 1. The van der Waals surface area contributed by atoms with Gasteiger partial charge in [0.05, 0.1) is 13.7 Å². The topological polar surface area (TPSA) is 68.6 Å². The van der Waals surface area contributed by atoms with E-state index in [1.54, 1.807) is 19.5 Å². The maximum absolute atomic E-state index is 5.29. The summed E-state index contributed by atoms with van der Waals surface area (Å²) in [7, 11) is 1.59. The highest BCUT2D eigenvalue weighted by atomic mass is 32.1. The summed E-state index contributed by atoms with van der Waals surface area (Å²) in [4.78, 5) is 8.50. The maximum atomic E-state index is 5.29. The van der Waals surface area contributed by atoms with Gasteiger partial charge in [0.1, 0.15) is 5.69 Å². The first kappa shape index (κ1) is 13.4. The van der Waals surface area contributed by atoms with Gasteiger partial charge in [0.25, 0.3) is 0 Å². The molecule has 1 N–H and O–H groups in total. The molecular formula is C14H13N5OS. The van der Waals surface area contributed by atoms with Crippen molar-refractivity contribution < 1.29 is 4.74 Å². The summed E-state index contributed by atoms with van der Waals surface area (Å²) in [5, 5.41) is 7.06. The van der Waals surface area contributed by atoms with Gasteiger partial charge in [-0.3, -0.25) is 14.6 Å². The SMILES string of the molecule is COc1ccc(Cn2c(-c3ccccn3)n[nH]c2=S)cn1. The molecule has 3 aromatic rings. The number of nitrogens with zero attached hydrogens (tertiary/aromatic N) is 4. The van der Waals surface area contributed by atoms with Gasteiger partial charge in [-0.15, -0.1) is 0 Å². The summed E-state index contributed by atoms with van der Waals surface area (Å²) in [5.74, 6) is 1.29. The fourth-order valence-corrected chi connectivity index (χ4v) is 2.16. The van der Waals surface area contributed by atoms with E-state index in [-0.39, 0.29) is 0 Å². The maximum Gasteiger partial charge on any atom is 0.212 e. The van der Waals surface area contributed by atoms with Gasteiger partial charge in [0.2, 0.25) is 5.88 Å². The molecule has 0 fully saturated rings. The molecule has 3 rings (SSSR count). The Morgan fingerprint density at radius 1 is 1.24 bits per heavy atom. The standard InChI is InChI=1S/C14H13N5OS/c1-20-12-6-5-10(8-16-12)9-19-13(17-18-14(19)21)11-4-2-3-7-15-11/h2-8H,9H2,1H3,(H,18,21). The van der Waals surface area contributed by atoms with Crippen LogP contribution in [0.25, 0.3) is 11.5 Å². The van der Waals surface area contributed by atoms with Crippen LogP contribution in [0.1, 0.15) is 5.56 Å². The second-order valence-electron chi connectivity index (χ2n) is 4.36. The Kier molecular flexibility index (Phi) is 3.74. The molecule has 0 unspecified atom stereocenters. The predicted octanol–water partition coefficient (Wildman–Crippen LogP) is 2.45. The van der Waals surface area contributed by atoms with Crippen LogP contribution in [0, 0.1) is 4.77 Å². The van der Waals surface area contributed by atoms with E-state index in [0.717, 1.165) is 11.3 Å². The third-order valence-corrected chi connectivity index (χ3v) is 3.31. The molecule has 106 valence electrons. The third kappa shape index (κ3) is 2.82. The van der Waals surface area contributed by atoms with Gasteiger partial charge < -0.3 is 4.74 Å². The lowest BCUT2D eigenvalue weighted by Crippen LogP contribution is -2.03. The Labute approximate surface area is 126 Å². The Morgan fingerprint density at radius 2 is 2.14 bits per heavy atom. The van der Waals surface area contributed by atoms with Gasteiger partial charge in [-0.1, -0.05) is 12.1 Å². The highest BCUT2D eigenvalue weighted by Gasteiger charge is 2.10. The number of pyridine rings is 2. The predicted molar refractivity (Wildman–Crippen MR) is 80.5 cm³/mol. The third-order valence-electron chi connectivity index (χ3n) is 3.00. The van der Waals surface area contributed by atoms with Gasteiger partial charge in [-0.2, -0.15) is 5.10 Å². The average Bonchev–Trinajstić information content (AvgIpc) is 2.90. The van der Waals surface area contributed by atoms with Crippen LogP contribution in [-0.2, 0) is 6.54 Å². The minimum Gasteiger partial charge on any atom is -0.481 e. The molecule has 7 heteroatoms. The zero-order valence-electron chi connectivity index (χ0n) is 11.4. The number of methoxy groups -OCH3 is 1. The van der Waals surface area contributed by atoms with E-state index in [0.29, 0.717) is 23.0 Å². The number of ether oxygens (including phenoxy) is 1. The lowest BCUT2D eigenvalue weighted by molar-refractivity contribution is 0.397. The zero-order valence-corrected chi connectivity index (χ0v) is 12.2. The normalized spacial score (nSPS) is 10.5. The first-order valence-electron chi connectivity index (χ1n) is 6.33. The van der Waals surface area contributed by atoms with Crippen LogP contribution in [0.15, 0.2) is 42.7 Å². The summed E-state index contributed by atoms with van der Waals surface area (Å²) < 4.78 is 7.49. The molecule has 0 aliphatic rings. The van der Waals surface area contributed by atoms with Gasteiger partial charge in [0.15, 0.2) is 10.6 Å². The summed E-state index contributed by atoms with van der Waals surface area (Å²) in [5.41, 5.74) is 1.77. The molecule has 0 saturated heterocycles. The molecule has 0 bridgehead atoms. The lowest BCUT2D eigenvalue weighted by atomic mass is 10.2. The van der Waals surface area contributed by atoms with Gasteiger partial charge in [-0.25, -0.2) is 4.98 Å². The Morgan fingerprint density at radius 3 is 2.81 bits per heavy atom. The molecule has 0 saturated carbocycles. The van der Waals surface area contributed by atoms with Crippen LogP contribution in [0.4, 0.5) is 0 Å². The molecule has 3 heterocycles. The molecule has 6 nitrogen and oxygen atoms in total. The summed E-state index contributed by atoms with van der Waals surface area (Å²) >= 11 is 5.29. The van der Waals surface area contributed by atoms with E-state index in [1.165, 1.54) is 0 Å².